The van der Waals surface area contributed by atoms with Crippen LogP contribution in [-0.2, 0) is 5.88 Å². The van der Waals surface area contributed by atoms with Gasteiger partial charge in [0.05, 0.1) is 0 Å². The molecule has 0 aliphatic heterocycles. The van der Waals surface area contributed by atoms with Crippen molar-refractivity contribution < 1.29 is 4.79 Å². The zero-order chi connectivity index (χ0) is 8.27. The van der Waals surface area contributed by atoms with E-state index in [0.717, 1.165) is 5.56 Å². The van der Waals surface area contributed by atoms with E-state index in [2.05, 4.69) is 4.98 Å². The fraction of sp³-hybridized carbons (Fsp3) is 0.143. The number of pyridine rings is 1. The van der Waals surface area contributed by atoms with Crippen LogP contribution < -0.4 is 0 Å². The van der Waals surface area contributed by atoms with Gasteiger partial charge in [-0.1, -0.05) is 6.07 Å². The lowest BCUT2D eigenvalue weighted by Gasteiger charge is -1.94. The number of nitrogens with zero attached hydrogens (tertiary/aromatic N) is 1. The molecular formula is C7H5Cl2NO. The Balaban J connectivity index is 2.91. The highest BCUT2D eigenvalue weighted by atomic mass is 35.5. The third kappa shape index (κ3) is 2.17. The van der Waals surface area contributed by atoms with Gasteiger partial charge in [-0.3, -0.25) is 9.78 Å². The van der Waals surface area contributed by atoms with Crippen molar-refractivity contribution in [2.24, 2.45) is 0 Å². The van der Waals surface area contributed by atoms with Crippen molar-refractivity contribution in [1.29, 1.82) is 0 Å². The molecule has 58 valence electrons. The number of hydrogen-bond donors (Lipinski definition) is 0. The molecule has 0 unspecified atom stereocenters. The second kappa shape index (κ2) is 3.69. The molecule has 0 radical (unpaired) electrons. The van der Waals surface area contributed by atoms with E-state index in [1.807, 2.05) is 0 Å². The largest absolute Gasteiger partial charge is 0.274 e. The Bertz CT molecular complexity index is 258. The summed E-state index contributed by atoms with van der Waals surface area (Å²) in [5.41, 5.74) is 1.12. The zero-order valence-corrected chi connectivity index (χ0v) is 7.06. The Hall–Kier alpha value is -0.600. The van der Waals surface area contributed by atoms with Gasteiger partial charge >= 0.3 is 0 Å². The third-order valence-corrected chi connectivity index (χ3v) is 1.68. The average molecular weight is 190 g/mol. The minimum absolute atomic E-state index is 0.250. The van der Waals surface area contributed by atoms with Crippen LogP contribution in [0.4, 0.5) is 0 Å². The van der Waals surface area contributed by atoms with Crippen molar-refractivity contribution >= 4 is 28.4 Å². The molecule has 0 aliphatic rings. The Labute approximate surface area is 74.1 Å². The van der Waals surface area contributed by atoms with Gasteiger partial charge in [0.1, 0.15) is 5.69 Å². The van der Waals surface area contributed by atoms with Crippen LogP contribution in [0.3, 0.4) is 0 Å². The topological polar surface area (TPSA) is 30.0 Å². The Morgan fingerprint density at radius 2 is 2.27 bits per heavy atom. The first-order valence-corrected chi connectivity index (χ1v) is 3.86. The van der Waals surface area contributed by atoms with Gasteiger partial charge in [0.2, 0.25) is 0 Å². The van der Waals surface area contributed by atoms with E-state index >= 15 is 0 Å². The second-order valence-corrected chi connectivity index (χ2v) is 2.57. The SMILES string of the molecule is O=C(Cl)c1ccc(CCl)cn1. The van der Waals surface area contributed by atoms with Crippen molar-refractivity contribution in [2.45, 2.75) is 5.88 Å². The average Bonchev–Trinajstić information content (AvgIpc) is 2.05. The molecule has 1 heterocycles. The van der Waals surface area contributed by atoms with Crippen LogP contribution in [0.5, 0.6) is 0 Å². The maximum Gasteiger partial charge on any atom is 0.270 e. The normalized spacial score (nSPS) is 9.64. The molecule has 4 heteroatoms. The van der Waals surface area contributed by atoms with Crippen LogP contribution in [-0.4, -0.2) is 10.2 Å². The summed E-state index contributed by atoms with van der Waals surface area (Å²) < 4.78 is 0. The number of carbonyl (C=O) groups excluding carboxylic acids is 1. The first-order chi connectivity index (χ1) is 5.24. The summed E-state index contributed by atoms with van der Waals surface area (Å²) in [6.07, 6.45) is 1.53. The number of halogens is 2. The van der Waals surface area contributed by atoms with Crippen LogP contribution in [0.2, 0.25) is 0 Å². The lowest BCUT2D eigenvalue weighted by Crippen LogP contribution is -1.93. The lowest BCUT2D eigenvalue weighted by atomic mass is 10.3. The van der Waals surface area contributed by atoms with Gasteiger partial charge in [-0.05, 0) is 23.2 Å². The van der Waals surface area contributed by atoms with E-state index in [1.165, 1.54) is 6.20 Å². The highest BCUT2D eigenvalue weighted by Gasteiger charge is 2.01. The van der Waals surface area contributed by atoms with E-state index in [0.29, 0.717) is 5.88 Å². The molecule has 0 aliphatic carbocycles. The van der Waals surface area contributed by atoms with Gasteiger partial charge in [-0.2, -0.15) is 0 Å². The third-order valence-electron chi connectivity index (χ3n) is 1.18. The molecule has 11 heavy (non-hydrogen) atoms. The molecule has 1 rings (SSSR count). The number of carbonyl (C=O) groups is 1. The zero-order valence-electron chi connectivity index (χ0n) is 5.55. The minimum Gasteiger partial charge on any atom is -0.274 e. The number of rotatable bonds is 2. The van der Waals surface area contributed by atoms with Gasteiger partial charge in [0.25, 0.3) is 5.24 Å². The molecule has 0 aromatic carbocycles. The number of hydrogen-bond acceptors (Lipinski definition) is 2. The van der Waals surface area contributed by atoms with Crippen molar-refractivity contribution in [3.8, 4) is 0 Å². The van der Waals surface area contributed by atoms with Gasteiger partial charge in [0.15, 0.2) is 0 Å². The monoisotopic (exact) mass is 189 g/mol. The smallest absolute Gasteiger partial charge is 0.270 e. The molecule has 1 aromatic rings. The van der Waals surface area contributed by atoms with Crippen LogP contribution in [0, 0.1) is 0 Å². The van der Waals surface area contributed by atoms with Gasteiger partial charge in [0, 0.05) is 12.1 Å². The minimum atomic E-state index is -0.550. The first kappa shape index (κ1) is 8.50. The molecular weight excluding hydrogens is 185 g/mol. The van der Waals surface area contributed by atoms with Crippen LogP contribution in [0.1, 0.15) is 16.1 Å². The quantitative estimate of drug-likeness (QED) is 0.528. The highest BCUT2D eigenvalue weighted by Crippen LogP contribution is 2.04. The van der Waals surface area contributed by atoms with Gasteiger partial charge in [-0.25, -0.2) is 0 Å². The molecule has 0 spiro atoms. The molecule has 0 saturated carbocycles. The van der Waals surface area contributed by atoms with Crippen molar-refractivity contribution in [2.75, 3.05) is 0 Å². The van der Waals surface area contributed by atoms with Crippen LogP contribution >= 0.6 is 23.2 Å². The highest BCUT2D eigenvalue weighted by molar-refractivity contribution is 6.67. The summed E-state index contributed by atoms with van der Waals surface area (Å²) in [5.74, 6) is 0.393. The molecule has 0 saturated heterocycles. The molecule has 2 nitrogen and oxygen atoms in total. The predicted molar refractivity (Wildman–Crippen MR) is 44.0 cm³/mol. The summed E-state index contributed by atoms with van der Waals surface area (Å²) in [6.45, 7) is 0. The van der Waals surface area contributed by atoms with Crippen LogP contribution in [0.25, 0.3) is 0 Å². The molecule has 1 aromatic heterocycles. The predicted octanol–water partition coefficient (Wildman–Crippen LogP) is 2.20. The fourth-order valence-electron chi connectivity index (χ4n) is 0.620. The van der Waals surface area contributed by atoms with Crippen LogP contribution in [0.15, 0.2) is 18.3 Å². The fourth-order valence-corrected chi connectivity index (χ4v) is 0.890. The lowest BCUT2D eigenvalue weighted by molar-refractivity contribution is 0.107. The van der Waals surface area contributed by atoms with Gasteiger partial charge < -0.3 is 0 Å². The summed E-state index contributed by atoms with van der Waals surface area (Å²) in [7, 11) is 0. The number of aromatic nitrogens is 1. The molecule has 0 atom stereocenters. The maximum atomic E-state index is 10.5. The van der Waals surface area contributed by atoms with Gasteiger partial charge in [-0.15, -0.1) is 11.6 Å². The van der Waals surface area contributed by atoms with Crippen molar-refractivity contribution in [3.63, 3.8) is 0 Å². The van der Waals surface area contributed by atoms with E-state index in [1.54, 1.807) is 12.1 Å². The van der Waals surface area contributed by atoms with E-state index in [9.17, 15) is 4.79 Å². The molecule has 0 amide bonds. The standard InChI is InChI=1S/C7H5Cl2NO/c8-3-5-1-2-6(7(9)11)10-4-5/h1-2,4H,3H2. The second-order valence-electron chi connectivity index (χ2n) is 1.96. The molecule has 0 fully saturated rings. The maximum absolute atomic E-state index is 10.5. The van der Waals surface area contributed by atoms with E-state index < -0.39 is 5.24 Å². The number of alkyl halides is 1. The summed E-state index contributed by atoms with van der Waals surface area (Å²) in [6, 6.07) is 3.27. The Morgan fingerprint density at radius 1 is 1.55 bits per heavy atom. The summed E-state index contributed by atoms with van der Waals surface area (Å²) >= 11 is 10.7. The molecule has 0 N–H and O–H groups in total. The first-order valence-electron chi connectivity index (χ1n) is 2.95. The van der Waals surface area contributed by atoms with E-state index in [-0.39, 0.29) is 5.69 Å². The summed E-state index contributed by atoms with van der Waals surface area (Å²) in [4.78, 5) is 14.3. The van der Waals surface area contributed by atoms with E-state index in [4.69, 9.17) is 23.2 Å². The summed E-state index contributed by atoms with van der Waals surface area (Å²) in [5, 5.41) is -0.550. The molecule has 0 bridgehead atoms. The van der Waals surface area contributed by atoms with Crippen molar-refractivity contribution in [1.82, 2.24) is 4.98 Å². The Morgan fingerprint density at radius 3 is 2.64 bits per heavy atom. The van der Waals surface area contributed by atoms with Crippen molar-refractivity contribution in [3.05, 3.63) is 29.6 Å². The Kier molecular flexibility index (Phi) is 2.85.